The SMILES string of the molecule is CN1CCN(S(=O)(=O)c2cc(C(=O)NCc3ccsc3)cc(-c3ccccc3)c2)CC1. The van der Waals surface area contributed by atoms with Crippen molar-refractivity contribution in [2.24, 2.45) is 0 Å². The van der Waals surface area contributed by atoms with Gasteiger partial charge >= 0.3 is 0 Å². The van der Waals surface area contributed by atoms with E-state index in [0.29, 0.717) is 43.9 Å². The second-order valence-corrected chi connectivity index (χ2v) is 10.4. The van der Waals surface area contributed by atoms with Gasteiger partial charge in [-0.25, -0.2) is 8.42 Å². The lowest BCUT2D eigenvalue weighted by Crippen LogP contribution is -2.47. The van der Waals surface area contributed by atoms with Gasteiger partial charge in [-0.2, -0.15) is 15.6 Å². The molecule has 1 aromatic heterocycles. The standard InChI is InChI=1S/C23H25N3O3S2/c1-25-8-10-26(11-9-25)31(28,29)22-14-20(19-5-3-2-4-6-19)13-21(15-22)23(27)24-16-18-7-12-30-17-18/h2-7,12-15,17H,8-11,16H2,1H3,(H,24,27). The van der Waals surface area contributed by atoms with Gasteiger partial charge in [-0.15, -0.1) is 0 Å². The minimum Gasteiger partial charge on any atom is -0.348 e. The summed E-state index contributed by atoms with van der Waals surface area (Å²) in [6.07, 6.45) is 0. The van der Waals surface area contributed by atoms with Crippen LogP contribution < -0.4 is 5.32 Å². The van der Waals surface area contributed by atoms with Crippen molar-refractivity contribution < 1.29 is 13.2 Å². The van der Waals surface area contributed by atoms with Crippen LogP contribution in [0.5, 0.6) is 0 Å². The van der Waals surface area contributed by atoms with Crippen molar-refractivity contribution in [2.75, 3.05) is 33.2 Å². The summed E-state index contributed by atoms with van der Waals surface area (Å²) in [5.41, 5.74) is 2.92. The molecule has 2 heterocycles. The molecule has 162 valence electrons. The molecule has 31 heavy (non-hydrogen) atoms. The van der Waals surface area contributed by atoms with Crippen molar-refractivity contribution in [1.29, 1.82) is 0 Å². The Labute approximate surface area is 187 Å². The minimum atomic E-state index is -3.70. The molecule has 0 unspecified atom stereocenters. The molecule has 3 aromatic rings. The first-order chi connectivity index (χ1) is 14.9. The monoisotopic (exact) mass is 455 g/mol. The average Bonchev–Trinajstić information content (AvgIpc) is 3.32. The van der Waals surface area contributed by atoms with Gasteiger partial charge in [0, 0.05) is 38.3 Å². The van der Waals surface area contributed by atoms with E-state index in [1.54, 1.807) is 23.5 Å². The third-order valence-corrected chi connectivity index (χ3v) is 8.02. The molecular weight excluding hydrogens is 430 g/mol. The van der Waals surface area contributed by atoms with Gasteiger partial charge in [0.05, 0.1) is 4.90 Å². The molecule has 8 heteroatoms. The fourth-order valence-electron chi connectivity index (χ4n) is 3.53. The molecule has 0 saturated carbocycles. The van der Waals surface area contributed by atoms with Crippen LogP contribution in [0.3, 0.4) is 0 Å². The lowest BCUT2D eigenvalue weighted by Gasteiger charge is -2.31. The number of benzene rings is 2. The van der Waals surface area contributed by atoms with Gasteiger partial charge in [-0.1, -0.05) is 30.3 Å². The zero-order valence-electron chi connectivity index (χ0n) is 17.3. The maximum absolute atomic E-state index is 13.4. The van der Waals surface area contributed by atoms with E-state index in [2.05, 4.69) is 10.2 Å². The molecule has 1 aliphatic rings. The Morgan fingerprint density at radius 2 is 1.74 bits per heavy atom. The fourth-order valence-corrected chi connectivity index (χ4v) is 5.69. The highest BCUT2D eigenvalue weighted by atomic mass is 32.2. The molecule has 2 aromatic carbocycles. The molecule has 6 nitrogen and oxygen atoms in total. The number of thiophene rings is 1. The molecule has 0 atom stereocenters. The maximum Gasteiger partial charge on any atom is 0.251 e. The van der Waals surface area contributed by atoms with Crippen LogP contribution in [-0.2, 0) is 16.6 Å². The number of piperazine rings is 1. The predicted octanol–water partition coefficient (Wildman–Crippen LogP) is 3.28. The van der Waals surface area contributed by atoms with Crippen LogP contribution in [0.2, 0.25) is 0 Å². The van der Waals surface area contributed by atoms with Crippen LogP contribution in [-0.4, -0.2) is 56.8 Å². The Morgan fingerprint density at radius 1 is 1.00 bits per heavy atom. The average molecular weight is 456 g/mol. The molecule has 0 bridgehead atoms. The molecule has 1 N–H and O–H groups in total. The number of hydrogen-bond acceptors (Lipinski definition) is 5. The molecule has 1 amide bonds. The van der Waals surface area contributed by atoms with Crippen LogP contribution in [0, 0.1) is 0 Å². The molecule has 0 aliphatic carbocycles. The Bertz CT molecular complexity index is 1140. The van der Waals surface area contributed by atoms with Crippen molar-refractivity contribution >= 4 is 27.3 Å². The summed E-state index contributed by atoms with van der Waals surface area (Å²) >= 11 is 1.57. The number of amides is 1. The Hall–Kier alpha value is -2.52. The number of carbonyl (C=O) groups excluding carboxylic acids is 1. The summed E-state index contributed by atoms with van der Waals surface area (Å²) in [5.74, 6) is -0.293. The Kier molecular flexibility index (Phi) is 6.52. The fraction of sp³-hybridized carbons (Fsp3) is 0.261. The van der Waals surface area contributed by atoms with Gasteiger partial charge in [0.15, 0.2) is 0 Å². The summed E-state index contributed by atoms with van der Waals surface area (Å²) in [5, 5.41) is 6.83. The number of likely N-dealkylation sites (N-methyl/N-ethyl adjacent to an activating group) is 1. The molecule has 1 fully saturated rings. The van der Waals surface area contributed by atoms with Crippen LogP contribution in [0.15, 0.2) is 70.3 Å². The highest BCUT2D eigenvalue weighted by molar-refractivity contribution is 7.89. The molecule has 1 saturated heterocycles. The van der Waals surface area contributed by atoms with E-state index in [1.807, 2.05) is 54.2 Å². The van der Waals surface area contributed by atoms with E-state index in [0.717, 1.165) is 11.1 Å². The van der Waals surface area contributed by atoms with E-state index in [9.17, 15) is 13.2 Å². The second-order valence-electron chi connectivity index (χ2n) is 7.63. The summed E-state index contributed by atoms with van der Waals surface area (Å²) in [4.78, 5) is 15.2. The topological polar surface area (TPSA) is 69.7 Å². The van der Waals surface area contributed by atoms with E-state index >= 15 is 0 Å². The number of rotatable bonds is 6. The largest absolute Gasteiger partial charge is 0.348 e. The van der Waals surface area contributed by atoms with E-state index < -0.39 is 10.0 Å². The zero-order chi connectivity index (χ0) is 21.8. The minimum absolute atomic E-state index is 0.152. The third kappa shape index (κ3) is 5.04. The second kappa shape index (κ2) is 9.32. The first-order valence-electron chi connectivity index (χ1n) is 10.1. The lowest BCUT2D eigenvalue weighted by atomic mass is 10.0. The highest BCUT2D eigenvalue weighted by Crippen LogP contribution is 2.27. The van der Waals surface area contributed by atoms with Crippen molar-refractivity contribution in [3.05, 3.63) is 76.5 Å². The van der Waals surface area contributed by atoms with E-state index in [1.165, 1.54) is 10.4 Å². The van der Waals surface area contributed by atoms with Gasteiger partial charge < -0.3 is 10.2 Å². The quantitative estimate of drug-likeness (QED) is 0.619. The van der Waals surface area contributed by atoms with Crippen LogP contribution in [0.1, 0.15) is 15.9 Å². The van der Waals surface area contributed by atoms with Crippen LogP contribution in [0.4, 0.5) is 0 Å². The van der Waals surface area contributed by atoms with Gasteiger partial charge in [0.25, 0.3) is 5.91 Å². The molecule has 0 radical (unpaired) electrons. The predicted molar refractivity (Wildman–Crippen MR) is 124 cm³/mol. The molecule has 0 spiro atoms. The normalized spacial score (nSPS) is 15.6. The van der Waals surface area contributed by atoms with Crippen molar-refractivity contribution in [3.63, 3.8) is 0 Å². The van der Waals surface area contributed by atoms with E-state index in [-0.39, 0.29) is 10.8 Å². The molecule has 4 rings (SSSR count). The highest BCUT2D eigenvalue weighted by Gasteiger charge is 2.28. The number of nitrogens with zero attached hydrogens (tertiary/aromatic N) is 2. The third-order valence-electron chi connectivity index (χ3n) is 5.41. The number of nitrogens with one attached hydrogen (secondary N) is 1. The molecular formula is C23H25N3O3S2. The van der Waals surface area contributed by atoms with E-state index in [4.69, 9.17) is 0 Å². The first-order valence-corrected chi connectivity index (χ1v) is 12.5. The lowest BCUT2D eigenvalue weighted by molar-refractivity contribution is 0.0950. The summed E-state index contributed by atoms with van der Waals surface area (Å²) in [6.45, 7) is 2.65. The van der Waals surface area contributed by atoms with Crippen LogP contribution >= 0.6 is 11.3 Å². The van der Waals surface area contributed by atoms with Gasteiger partial charge in [0.2, 0.25) is 10.0 Å². The summed E-state index contributed by atoms with van der Waals surface area (Å²) in [6, 6.07) is 16.4. The summed E-state index contributed by atoms with van der Waals surface area (Å²) in [7, 11) is -1.72. The number of sulfonamides is 1. The zero-order valence-corrected chi connectivity index (χ0v) is 19.0. The number of carbonyl (C=O) groups is 1. The van der Waals surface area contributed by atoms with Crippen LogP contribution in [0.25, 0.3) is 11.1 Å². The van der Waals surface area contributed by atoms with Gasteiger partial charge in [-0.05, 0) is 58.8 Å². The maximum atomic E-state index is 13.4. The smallest absolute Gasteiger partial charge is 0.251 e. The van der Waals surface area contributed by atoms with Crippen molar-refractivity contribution in [3.8, 4) is 11.1 Å². The van der Waals surface area contributed by atoms with Crippen molar-refractivity contribution in [1.82, 2.24) is 14.5 Å². The number of hydrogen-bond donors (Lipinski definition) is 1. The first kappa shape index (κ1) is 21.7. The Morgan fingerprint density at radius 3 is 2.42 bits per heavy atom. The van der Waals surface area contributed by atoms with Gasteiger partial charge in [0.1, 0.15) is 0 Å². The molecule has 1 aliphatic heterocycles. The summed E-state index contributed by atoms with van der Waals surface area (Å²) < 4.78 is 28.3. The Balaban J connectivity index is 1.69. The van der Waals surface area contributed by atoms with Crippen molar-refractivity contribution in [2.45, 2.75) is 11.4 Å². The van der Waals surface area contributed by atoms with Gasteiger partial charge in [-0.3, -0.25) is 4.79 Å².